The van der Waals surface area contributed by atoms with Crippen molar-refractivity contribution in [3.8, 4) is 48.9 Å². The number of ether oxygens (including phenoxy) is 1. The average molecular weight is 681 g/mol. The standard InChI is InChI=1S/C41H42F2N2OS2/c1-4-7-9-27(6-3)10-11-28-12-18-34(36(42)25-28)38-22-23-39(47-38)35-21-20-33(40-41(35)45-48-44-40)32-19-15-30(26-37(32)43)29-13-16-31(17-14-29)46-24-8-5-2/h12-23,25-27H,4-11,24H2,1-3H3. The largest absolute Gasteiger partial charge is 0.494 e. The summed E-state index contributed by atoms with van der Waals surface area (Å²) in [6.07, 6.45) is 9.00. The molecule has 2 aromatic heterocycles. The van der Waals surface area contributed by atoms with Gasteiger partial charge in [0.15, 0.2) is 0 Å². The second-order valence-corrected chi connectivity index (χ2v) is 14.1. The van der Waals surface area contributed by atoms with E-state index < -0.39 is 0 Å². The zero-order valence-electron chi connectivity index (χ0n) is 27.9. The molecular formula is C41H42F2N2OS2. The molecule has 48 heavy (non-hydrogen) atoms. The molecule has 4 aromatic carbocycles. The van der Waals surface area contributed by atoms with E-state index in [0.29, 0.717) is 34.7 Å². The third-order valence-corrected chi connectivity index (χ3v) is 10.9. The van der Waals surface area contributed by atoms with Gasteiger partial charge in [-0.05, 0) is 78.3 Å². The fourth-order valence-electron chi connectivity index (χ4n) is 6.23. The molecule has 3 nitrogen and oxygen atoms in total. The van der Waals surface area contributed by atoms with Crippen molar-refractivity contribution in [2.45, 2.75) is 72.1 Å². The van der Waals surface area contributed by atoms with Crippen molar-refractivity contribution in [2.75, 3.05) is 6.61 Å². The Morgan fingerprint density at radius 3 is 2.00 bits per heavy atom. The third kappa shape index (κ3) is 7.68. The van der Waals surface area contributed by atoms with Gasteiger partial charge in [0, 0.05) is 32.0 Å². The second kappa shape index (κ2) is 16.0. The minimum absolute atomic E-state index is 0.187. The SMILES string of the molecule is CCCCOc1ccc(-c2ccc(-c3ccc(-c4ccc(-c5ccc(CCC(CC)CCCC)cc5F)s4)c4nsnc34)c(F)c2)cc1. The van der Waals surface area contributed by atoms with Gasteiger partial charge < -0.3 is 4.74 Å². The van der Waals surface area contributed by atoms with Crippen molar-refractivity contribution < 1.29 is 13.5 Å². The van der Waals surface area contributed by atoms with Gasteiger partial charge in [-0.25, -0.2) is 8.78 Å². The first kappa shape index (κ1) is 33.9. The van der Waals surface area contributed by atoms with Crippen LogP contribution in [0.2, 0.25) is 0 Å². The predicted octanol–water partition coefficient (Wildman–Crippen LogP) is 13.0. The normalized spacial score (nSPS) is 12.1. The monoisotopic (exact) mass is 680 g/mol. The zero-order chi connectivity index (χ0) is 33.5. The lowest BCUT2D eigenvalue weighted by molar-refractivity contribution is 0.309. The number of aromatic nitrogens is 2. The van der Waals surface area contributed by atoms with Crippen LogP contribution < -0.4 is 4.74 Å². The Balaban J connectivity index is 1.20. The molecule has 0 bridgehead atoms. The summed E-state index contributed by atoms with van der Waals surface area (Å²) < 4.78 is 46.0. The molecule has 1 unspecified atom stereocenters. The predicted molar refractivity (Wildman–Crippen MR) is 199 cm³/mol. The number of hydrogen-bond donors (Lipinski definition) is 0. The van der Waals surface area contributed by atoms with Gasteiger partial charge in [-0.1, -0.05) is 101 Å². The number of unbranched alkanes of at least 4 members (excludes halogenated alkanes) is 2. The van der Waals surface area contributed by atoms with Crippen molar-refractivity contribution in [3.05, 3.63) is 102 Å². The van der Waals surface area contributed by atoms with E-state index in [1.54, 1.807) is 12.1 Å². The molecule has 0 saturated heterocycles. The van der Waals surface area contributed by atoms with E-state index in [4.69, 9.17) is 4.74 Å². The molecule has 0 radical (unpaired) electrons. The highest BCUT2D eigenvalue weighted by Crippen LogP contribution is 2.41. The molecule has 0 aliphatic heterocycles. The average Bonchev–Trinajstić information content (AvgIpc) is 3.80. The summed E-state index contributed by atoms with van der Waals surface area (Å²) in [4.78, 5) is 1.84. The van der Waals surface area contributed by atoms with E-state index in [1.807, 2.05) is 66.7 Å². The van der Waals surface area contributed by atoms with E-state index in [1.165, 1.54) is 37.0 Å². The molecule has 0 N–H and O–H groups in total. The summed E-state index contributed by atoms with van der Waals surface area (Å²) in [6, 6.07) is 26.6. The molecule has 0 amide bonds. The van der Waals surface area contributed by atoms with Crippen LogP contribution in [-0.2, 0) is 6.42 Å². The third-order valence-electron chi connectivity index (χ3n) is 9.18. The van der Waals surface area contributed by atoms with Crippen molar-refractivity contribution in [2.24, 2.45) is 5.92 Å². The van der Waals surface area contributed by atoms with Crippen molar-refractivity contribution in [3.63, 3.8) is 0 Å². The van der Waals surface area contributed by atoms with Crippen LogP contribution in [-0.4, -0.2) is 15.4 Å². The van der Waals surface area contributed by atoms with Crippen LogP contribution in [0.15, 0.2) is 84.9 Å². The number of fused-ring (bicyclic) bond motifs is 1. The van der Waals surface area contributed by atoms with Gasteiger partial charge in [0.05, 0.1) is 18.3 Å². The lowest BCUT2D eigenvalue weighted by Gasteiger charge is -2.14. The maximum Gasteiger partial charge on any atom is 0.132 e. The first-order valence-corrected chi connectivity index (χ1v) is 18.7. The van der Waals surface area contributed by atoms with E-state index in [9.17, 15) is 0 Å². The highest BCUT2D eigenvalue weighted by Gasteiger charge is 2.19. The Kier molecular flexibility index (Phi) is 11.3. The molecule has 0 spiro atoms. The summed E-state index contributed by atoms with van der Waals surface area (Å²) in [7, 11) is 0. The van der Waals surface area contributed by atoms with Gasteiger partial charge >= 0.3 is 0 Å². The summed E-state index contributed by atoms with van der Waals surface area (Å²) in [5.41, 5.74) is 6.85. The van der Waals surface area contributed by atoms with Gasteiger partial charge in [0.25, 0.3) is 0 Å². The van der Waals surface area contributed by atoms with Gasteiger partial charge in [-0.15, -0.1) is 11.3 Å². The lowest BCUT2D eigenvalue weighted by Crippen LogP contribution is -2.01. The summed E-state index contributed by atoms with van der Waals surface area (Å²) in [6.45, 7) is 7.31. The molecule has 0 aliphatic rings. The van der Waals surface area contributed by atoms with Gasteiger partial charge in [-0.2, -0.15) is 8.75 Å². The Bertz CT molecular complexity index is 1960. The highest BCUT2D eigenvalue weighted by atomic mass is 32.1. The van der Waals surface area contributed by atoms with E-state index >= 15 is 8.78 Å². The van der Waals surface area contributed by atoms with E-state index in [0.717, 1.165) is 80.7 Å². The van der Waals surface area contributed by atoms with Crippen LogP contribution in [0.4, 0.5) is 8.78 Å². The summed E-state index contributed by atoms with van der Waals surface area (Å²) in [5.74, 6) is 1.01. The van der Waals surface area contributed by atoms with Crippen molar-refractivity contribution >= 4 is 34.1 Å². The number of hydrogen-bond acceptors (Lipinski definition) is 5. The molecule has 0 aliphatic carbocycles. The van der Waals surface area contributed by atoms with E-state index in [-0.39, 0.29) is 11.6 Å². The van der Waals surface area contributed by atoms with Crippen LogP contribution in [0.1, 0.15) is 71.3 Å². The van der Waals surface area contributed by atoms with Crippen LogP contribution in [0.3, 0.4) is 0 Å². The minimum Gasteiger partial charge on any atom is -0.494 e. The Morgan fingerprint density at radius 1 is 0.646 bits per heavy atom. The Labute approximate surface area is 291 Å². The van der Waals surface area contributed by atoms with E-state index in [2.05, 4.69) is 35.6 Å². The van der Waals surface area contributed by atoms with Gasteiger partial charge in [0.2, 0.25) is 0 Å². The molecule has 1 atom stereocenters. The van der Waals surface area contributed by atoms with Gasteiger partial charge in [0.1, 0.15) is 28.4 Å². The fourth-order valence-corrected chi connectivity index (χ4v) is 7.86. The van der Waals surface area contributed by atoms with Crippen LogP contribution in [0, 0.1) is 17.6 Å². The highest BCUT2D eigenvalue weighted by molar-refractivity contribution is 7.19. The zero-order valence-corrected chi connectivity index (χ0v) is 29.5. The molecule has 248 valence electrons. The van der Waals surface area contributed by atoms with Crippen LogP contribution in [0.5, 0.6) is 5.75 Å². The van der Waals surface area contributed by atoms with Crippen LogP contribution in [0.25, 0.3) is 54.2 Å². The molecule has 0 fully saturated rings. The number of thiophene rings is 1. The number of rotatable bonds is 15. The van der Waals surface area contributed by atoms with Crippen molar-refractivity contribution in [1.82, 2.24) is 8.75 Å². The molecular weight excluding hydrogens is 639 g/mol. The molecule has 7 heteroatoms. The number of aryl methyl sites for hydroxylation is 1. The molecule has 6 aromatic rings. The quantitative estimate of drug-likeness (QED) is 0.101. The second-order valence-electron chi connectivity index (χ2n) is 12.5. The smallest absolute Gasteiger partial charge is 0.132 e. The minimum atomic E-state index is -0.318. The number of nitrogens with zero attached hydrogens (tertiary/aromatic N) is 2. The number of halogens is 2. The molecule has 2 heterocycles. The maximum absolute atomic E-state index is 15.7. The van der Waals surface area contributed by atoms with Gasteiger partial charge in [-0.3, -0.25) is 0 Å². The maximum atomic E-state index is 15.7. The lowest BCUT2D eigenvalue weighted by atomic mass is 9.92. The van der Waals surface area contributed by atoms with Crippen LogP contribution >= 0.6 is 23.1 Å². The first-order valence-electron chi connectivity index (χ1n) is 17.2. The fraction of sp³-hybridized carbons (Fsp3) is 0.317. The molecule has 6 rings (SSSR count). The Morgan fingerprint density at radius 2 is 1.29 bits per heavy atom. The van der Waals surface area contributed by atoms with Crippen molar-refractivity contribution in [1.29, 1.82) is 0 Å². The Hall–Kier alpha value is -3.94. The topological polar surface area (TPSA) is 35.0 Å². The summed E-state index contributed by atoms with van der Waals surface area (Å²) in [5, 5.41) is 0. The molecule has 0 saturated carbocycles. The summed E-state index contributed by atoms with van der Waals surface area (Å²) >= 11 is 2.65. The first-order chi connectivity index (χ1) is 23.5. The number of benzene rings is 4.